The Morgan fingerprint density at radius 2 is 1.75 bits per heavy atom. The predicted octanol–water partition coefficient (Wildman–Crippen LogP) is 4.35. The Hall–Kier alpha value is -3.44. The minimum atomic E-state index is -0.334. The van der Waals surface area contributed by atoms with Crippen LogP contribution in [0.15, 0.2) is 83.8 Å². The predicted molar refractivity (Wildman–Crippen MR) is 111 cm³/mol. The van der Waals surface area contributed by atoms with Crippen LogP contribution in [0.25, 0.3) is 10.8 Å². The fourth-order valence-electron chi connectivity index (χ4n) is 2.95. The number of hydrogen-bond acceptors (Lipinski definition) is 3. The molecule has 0 aliphatic rings. The van der Waals surface area contributed by atoms with Gasteiger partial charge in [-0.25, -0.2) is 4.98 Å². The van der Waals surface area contributed by atoms with E-state index in [1.54, 1.807) is 35.0 Å². The quantitative estimate of drug-likeness (QED) is 0.528. The zero-order chi connectivity index (χ0) is 19.5. The maximum absolute atomic E-state index is 12.6. The Morgan fingerprint density at radius 1 is 1.00 bits per heavy atom. The first kappa shape index (κ1) is 17.9. The molecule has 0 atom stereocenters. The molecule has 0 aliphatic carbocycles. The van der Waals surface area contributed by atoms with Crippen molar-refractivity contribution in [2.24, 2.45) is 0 Å². The standard InChI is InChI=1S/C22H16ClN3O2/c23-21-18-6-2-1-5-16(18)13-19(25-21)22(28)24-17-10-8-15(9-11-17)14-26-12-4-3-7-20(26)27/h1-13H,14H2,(H,24,28). The maximum Gasteiger partial charge on any atom is 0.274 e. The van der Waals surface area contributed by atoms with E-state index in [9.17, 15) is 9.59 Å². The van der Waals surface area contributed by atoms with E-state index in [0.717, 1.165) is 16.3 Å². The number of halogens is 1. The first-order chi connectivity index (χ1) is 13.6. The van der Waals surface area contributed by atoms with E-state index in [1.165, 1.54) is 6.07 Å². The van der Waals surface area contributed by atoms with E-state index in [4.69, 9.17) is 11.6 Å². The van der Waals surface area contributed by atoms with Crippen LogP contribution in [0.4, 0.5) is 5.69 Å². The molecule has 0 fully saturated rings. The van der Waals surface area contributed by atoms with Gasteiger partial charge in [0.1, 0.15) is 10.8 Å². The number of pyridine rings is 2. The molecule has 28 heavy (non-hydrogen) atoms. The number of benzene rings is 2. The number of hydrogen-bond donors (Lipinski definition) is 1. The van der Waals surface area contributed by atoms with E-state index < -0.39 is 0 Å². The molecule has 0 saturated heterocycles. The van der Waals surface area contributed by atoms with E-state index >= 15 is 0 Å². The highest BCUT2D eigenvalue weighted by Crippen LogP contribution is 2.23. The van der Waals surface area contributed by atoms with Crippen molar-refractivity contribution in [1.29, 1.82) is 0 Å². The largest absolute Gasteiger partial charge is 0.321 e. The Balaban J connectivity index is 1.51. The number of carbonyl (C=O) groups excluding carboxylic acids is 1. The smallest absolute Gasteiger partial charge is 0.274 e. The second-order valence-corrected chi connectivity index (χ2v) is 6.70. The van der Waals surface area contributed by atoms with E-state index in [-0.39, 0.29) is 17.2 Å². The molecule has 2 aromatic carbocycles. The minimum Gasteiger partial charge on any atom is -0.321 e. The molecule has 0 unspecified atom stereocenters. The molecule has 2 aromatic heterocycles. The minimum absolute atomic E-state index is 0.0564. The number of carbonyl (C=O) groups is 1. The molecule has 1 amide bonds. The fraction of sp³-hybridized carbons (Fsp3) is 0.0455. The number of rotatable bonds is 4. The van der Waals surface area contributed by atoms with Gasteiger partial charge in [0.2, 0.25) is 0 Å². The van der Waals surface area contributed by atoms with Crippen LogP contribution in [0.1, 0.15) is 16.1 Å². The summed E-state index contributed by atoms with van der Waals surface area (Å²) in [5, 5.41) is 4.79. The van der Waals surface area contributed by atoms with Crippen molar-refractivity contribution in [1.82, 2.24) is 9.55 Å². The third kappa shape index (κ3) is 3.80. The lowest BCUT2D eigenvalue weighted by Crippen LogP contribution is -2.18. The fourth-order valence-corrected chi connectivity index (χ4v) is 3.21. The molecule has 0 saturated carbocycles. The summed E-state index contributed by atoms with van der Waals surface area (Å²) in [4.78, 5) is 28.6. The van der Waals surface area contributed by atoms with Crippen molar-refractivity contribution in [2.45, 2.75) is 6.54 Å². The molecular formula is C22H16ClN3O2. The summed E-state index contributed by atoms with van der Waals surface area (Å²) in [6.07, 6.45) is 1.74. The van der Waals surface area contributed by atoms with Crippen LogP contribution in [0, 0.1) is 0 Å². The van der Waals surface area contributed by atoms with Crippen molar-refractivity contribution in [3.63, 3.8) is 0 Å². The third-order valence-corrected chi connectivity index (χ3v) is 4.68. The second kappa shape index (κ2) is 7.66. The van der Waals surface area contributed by atoms with Gasteiger partial charge in [-0.1, -0.05) is 54.1 Å². The van der Waals surface area contributed by atoms with Crippen LogP contribution < -0.4 is 10.9 Å². The zero-order valence-corrected chi connectivity index (χ0v) is 15.6. The average Bonchev–Trinajstić information content (AvgIpc) is 2.71. The van der Waals surface area contributed by atoms with Crippen LogP contribution in [0.2, 0.25) is 5.15 Å². The number of aromatic nitrogens is 2. The van der Waals surface area contributed by atoms with E-state index in [2.05, 4.69) is 10.3 Å². The molecule has 4 aromatic rings. The van der Waals surface area contributed by atoms with Crippen molar-refractivity contribution in [2.75, 3.05) is 5.32 Å². The third-order valence-electron chi connectivity index (χ3n) is 4.39. The van der Waals surface area contributed by atoms with Crippen LogP contribution in [-0.4, -0.2) is 15.5 Å². The van der Waals surface area contributed by atoms with Gasteiger partial charge in [-0.3, -0.25) is 9.59 Å². The Labute approximate surface area is 166 Å². The van der Waals surface area contributed by atoms with Crippen LogP contribution in [0.5, 0.6) is 0 Å². The number of anilines is 1. The lowest BCUT2D eigenvalue weighted by Gasteiger charge is -2.09. The molecule has 0 spiro atoms. The summed E-state index contributed by atoms with van der Waals surface area (Å²) in [5.74, 6) is -0.334. The van der Waals surface area contributed by atoms with Gasteiger partial charge in [0, 0.05) is 23.3 Å². The van der Waals surface area contributed by atoms with Gasteiger partial charge >= 0.3 is 0 Å². The van der Waals surface area contributed by atoms with Gasteiger partial charge in [0.05, 0.1) is 6.54 Å². The maximum atomic E-state index is 12.6. The van der Waals surface area contributed by atoms with Crippen LogP contribution >= 0.6 is 11.6 Å². The first-order valence-corrected chi connectivity index (χ1v) is 9.09. The van der Waals surface area contributed by atoms with Crippen molar-refractivity contribution < 1.29 is 4.79 Å². The highest BCUT2D eigenvalue weighted by molar-refractivity contribution is 6.34. The molecule has 4 rings (SSSR count). The summed E-state index contributed by atoms with van der Waals surface area (Å²) >= 11 is 6.20. The molecule has 138 valence electrons. The molecule has 1 N–H and O–H groups in total. The highest BCUT2D eigenvalue weighted by Gasteiger charge is 2.11. The molecule has 0 radical (unpaired) electrons. The topological polar surface area (TPSA) is 64.0 Å². The molecule has 0 bridgehead atoms. The van der Waals surface area contributed by atoms with E-state index in [0.29, 0.717) is 17.4 Å². The monoisotopic (exact) mass is 389 g/mol. The number of fused-ring (bicyclic) bond motifs is 1. The Bertz CT molecular complexity index is 1220. The second-order valence-electron chi connectivity index (χ2n) is 6.34. The first-order valence-electron chi connectivity index (χ1n) is 8.71. The Kier molecular flexibility index (Phi) is 4.91. The summed E-state index contributed by atoms with van der Waals surface area (Å²) in [7, 11) is 0. The van der Waals surface area contributed by atoms with E-state index in [1.807, 2.05) is 42.5 Å². The molecule has 5 nitrogen and oxygen atoms in total. The van der Waals surface area contributed by atoms with Crippen molar-refractivity contribution >= 4 is 34.0 Å². The molecule has 0 aliphatic heterocycles. The summed E-state index contributed by atoms with van der Waals surface area (Å²) < 4.78 is 1.62. The summed E-state index contributed by atoms with van der Waals surface area (Å²) in [6, 6.07) is 21.6. The normalized spacial score (nSPS) is 10.8. The SMILES string of the molecule is O=C(Nc1ccc(Cn2ccccc2=O)cc1)c1cc2ccccc2c(Cl)n1. The Morgan fingerprint density at radius 3 is 2.54 bits per heavy atom. The lowest BCUT2D eigenvalue weighted by molar-refractivity contribution is 0.102. The summed E-state index contributed by atoms with van der Waals surface area (Å²) in [6.45, 7) is 0.468. The van der Waals surface area contributed by atoms with Gasteiger partial charge in [-0.05, 0) is 35.2 Å². The van der Waals surface area contributed by atoms with Crippen molar-refractivity contribution in [3.05, 3.63) is 106 Å². The zero-order valence-electron chi connectivity index (χ0n) is 14.8. The van der Waals surface area contributed by atoms with Crippen LogP contribution in [0.3, 0.4) is 0 Å². The highest BCUT2D eigenvalue weighted by atomic mass is 35.5. The molecule has 2 heterocycles. The number of nitrogens with zero attached hydrogens (tertiary/aromatic N) is 2. The van der Waals surface area contributed by atoms with Gasteiger partial charge in [0.15, 0.2) is 0 Å². The van der Waals surface area contributed by atoms with Gasteiger partial charge in [-0.15, -0.1) is 0 Å². The number of amides is 1. The number of nitrogens with one attached hydrogen (secondary N) is 1. The van der Waals surface area contributed by atoms with Crippen LogP contribution in [-0.2, 0) is 6.54 Å². The molecule has 6 heteroatoms. The van der Waals surface area contributed by atoms with Gasteiger partial charge < -0.3 is 9.88 Å². The van der Waals surface area contributed by atoms with Gasteiger partial charge in [-0.2, -0.15) is 0 Å². The van der Waals surface area contributed by atoms with Gasteiger partial charge in [0.25, 0.3) is 11.5 Å². The van der Waals surface area contributed by atoms with Crippen molar-refractivity contribution in [3.8, 4) is 0 Å². The lowest BCUT2D eigenvalue weighted by atomic mass is 10.1. The average molecular weight is 390 g/mol. The summed E-state index contributed by atoms with van der Waals surface area (Å²) in [5.41, 5.74) is 1.79. The molecular weight excluding hydrogens is 374 g/mol.